The van der Waals surface area contributed by atoms with Crippen LogP contribution in [0.2, 0.25) is 0 Å². The number of hydrogen-bond donors (Lipinski definition) is 0. The summed E-state index contributed by atoms with van der Waals surface area (Å²) in [5.41, 5.74) is 1.54. The molecule has 2 aromatic heterocycles. The van der Waals surface area contributed by atoms with Gasteiger partial charge in [-0.05, 0) is 19.9 Å². The second kappa shape index (κ2) is 5.92. The van der Waals surface area contributed by atoms with Crippen molar-refractivity contribution in [3.8, 4) is 0 Å². The third-order valence-corrected chi connectivity index (χ3v) is 4.02. The first kappa shape index (κ1) is 14.8. The SMILES string of the molecule is CCOCc1cnc2n1CCN(C(=O)c1ccn(C)n1)C2C. The molecule has 3 heterocycles. The Morgan fingerprint density at radius 2 is 2.27 bits per heavy atom. The van der Waals surface area contributed by atoms with E-state index >= 15 is 0 Å². The largest absolute Gasteiger partial charge is 0.375 e. The van der Waals surface area contributed by atoms with Crippen LogP contribution in [0.3, 0.4) is 0 Å². The summed E-state index contributed by atoms with van der Waals surface area (Å²) in [6.07, 6.45) is 3.62. The molecule has 0 spiro atoms. The Balaban J connectivity index is 1.81. The maximum atomic E-state index is 12.6. The average molecular weight is 303 g/mol. The number of rotatable bonds is 4. The summed E-state index contributed by atoms with van der Waals surface area (Å²) >= 11 is 0. The lowest BCUT2D eigenvalue weighted by molar-refractivity contribution is 0.0623. The molecule has 22 heavy (non-hydrogen) atoms. The molecule has 2 aromatic rings. The van der Waals surface area contributed by atoms with Crippen molar-refractivity contribution in [3.63, 3.8) is 0 Å². The molecule has 1 aliphatic rings. The molecular formula is C15H21N5O2. The number of ether oxygens (including phenoxy) is 1. The molecule has 1 amide bonds. The van der Waals surface area contributed by atoms with Crippen LogP contribution in [0.5, 0.6) is 0 Å². The van der Waals surface area contributed by atoms with Gasteiger partial charge in [-0.2, -0.15) is 5.10 Å². The van der Waals surface area contributed by atoms with Gasteiger partial charge in [0, 0.05) is 32.9 Å². The van der Waals surface area contributed by atoms with Crippen molar-refractivity contribution in [1.29, 1.82) is 0 Å². The van der Waals surface area contributed by atoms with Gasteiger partial charge in [-0.3, -0.25) is 9.48 Å². The van der Waals surface area contributed by atoms with Gasteiger partial charge in [0.25, 0.3) is 5.91 Å². The zero-order valence-electron chi connectivity index (χ0n) is 13.2. The Hall–Kier alpha value is -2.15. The van der Waals surface area contributed by atoms with E-state index in [-0.39, 0.29) is 11.9 Å². The third kappa shape index (κ3) is 2.52. The quantitative estimate of drug-likeness (QED) is 0.855. The highest BCUT2D eigenvalue weighted by Crippen LogP contribution is 2.26. The summed E-state index contributed by atoms with van der Waals surface area (Å²) in [6.45, 7) is 6.61. The number of aryl methyl sites for hydroxylation is 1. The van der Waals surface area contributed by atoms with E-state index in [4.69, 9.17) is 4.74 Å². The molecule has 0 saturated carbocycles. The molecule has 1 unspecified atom stereocenters. The Morgan fingerprint density at radius 1 is 1.45 bits per heavy atom. The van der Waals surface area contributed by atoms with E-state index in [0.717, 1.165) is 18.1 Å². The molecule has 0 N–H and O–H groups in total. The van der Waals surface area contributed by atoms with Crippen LogP contribution in [-0.2, 0) is 24.9 Å². The maximum absolute atomic E-state index is 12.6. The lowest BCUT2D eigenvalue weighted by atomic mass is 10.2. The molecular weight excluding hydrogens is 282 g/mol. The standard InChI is InChI=1S/C15H21N5O2/c1-4-22-10-12-9-16-14-11(2)19(7-8-20(12)14)15(21)13-5-6-18(3)17-13/h5-6,9,11H,4,7-8,10H2,1-3H3. The van der Waals surface area contributed by atoms with Gasteiger partial charge in [0.2, 0.25) is 0 Å². The topological polar surface area (TPSA) is 65.2 Å². The van der Waals surface area contributed by atoms with Crippen LogP contribution in [0, 0.1) is 0 Å². The van der Waals surface area contributed by atoms with E-state index in [1.807, 2.05) is 32.0 Å². The van der Waals surface area contributed by atoms with Gasteiger partial charge in [-0.15, -0.1) is 0 Å². The molecule has 0 aliphatic carbocycles. The van der Waals surface area contributed by atoms with E-state index < -0.39 is 0 Å². The first-order valence-electron chi connectivity index (χ1n) is 7.54. The van der Waals surface area contributed by atoms with Crippen LogP contribution in [0.15, 0.2) is 18.5 Å². The normalized spacial score (nSPS) is 17.6. The Labute approximate surface area is 129 Å². The fourth-order valence-corrected chi connectivity index (χ4v) is 2.84. The molecule has 0 saturated heterocycles. The highest BCUT2D eigenvalue weighted by molar-refractivity contribution is 5.92. The highest BCUT2D eigenvalue weighted by atomic mass is 16.5. The van der Waals surface area contributed by atoms with E-state index in [2.05, 4.69) is 14.6 Å². The van der Waals surface area contributed by atoms with Crippen molar-refractivity contribution >= 4 is 5.91 Å². The lowest BCUT2D eigenvalue weighted by Gasteiger charge is -2.34. The number of carbonyl (C=O) groups excluding carboxylic acids is 1. The Kier molecular flexibility index (Phi) is 3.98. The zero-order valence-corrected chi connectivity index (χ0v) is 13.2. The minimum absolute atomic E-state index is 0.0475. The van der Waals surface area contributed by atoms with E-state index in [1.54, 1.807) is 16.9 Å². The second-order valence-electron chi connectivity index (χ2n) is 5.45. The van der Waals surface area contributed by atoms with Crippen LogP contribution >= 0.6 is 0 Å². The van der Waals surface area contributed by atoms with Crippen molar-refractivity contribution in [1.82, 2.24) is 24.2 Å². The predicted molar refractivity (Wildman–Crippen MR) is 80.2 cm³/mol. The van der Waals surface area contributed by atoms with Gasteiger partial charge in [0.15, 0.2) is 0 Å². The first-order chi connectivity index (χ1) is 10.6. The minimum Gasteiger partial charge on any atom is -0.375 e. The average Bonchev–Trinajstić information content (AvgIpc) is 3.12. The van der Waals surface area contributed by atoms with Crippen LogP contribution in [0.25, 0.3) is 0 Å². The van der Waals surface area contributed by atoms with Crippen molar-refractivity contribution in [2.75, 3.05) is 13.2 Å². The summed E-state index contributed by atoms with van der Waals surface area (Å²) in [7, 11) is 1.81. The van der Waals surface area contributed by atoms with E-state index in [9.17, 15) is 4.79 Å². The summed E-state index contributed by atoms with van der Waals surface area (Å²) < 4.78 is 9.27. The monoisotopic (exact) mass is 303 g/mol. The second-order valence-corrected chi connectivity index (χ2v) is 5.45. The van der Waals surface area contributed by atoms with Crippen molar-refractivity contribution in [3.05, 3.63) is 35.7 Å². The van der Waals surface area contributed by atoms with Gasteiger partial charge >= 0.3 is 0 Å². The summed E-state index contributed by atoms with van der Waals surface area (Å²) in [5.74, 6) is 0.860. The first-order valence-corrected chi connectivity index (χ1v) is 7.54. The van der Waals surface area contributed by atoms with Crippen molar-refractivity contribution < 1.29 is 9.53 Å². The smallest absolute Gasteiger partial charge is 0.275 e. The molecule has 118 valence electrons. The van der Waals surface area contributed by atoms with Gasteiger partial charge < -0.3 is 14.2 Å². The number of carbonyl (C=O) groups is 1. The predicted octanol–water partition coefficient (Wildman–Crippen LogP) is 1.37. The van der Waals surface area contributed by atoms with Gasteiger partial charge in [0.1, 0.15) is 11.5 Å². The fourth-order valence-electron chi connectivity index (χ4n) is 2.84. The molecule has 3 rings (SSSR count). The van der Waals surface area contributed by atoms with Gasteiger partial charge in [-0.1, -0.05) is 0 Å². The highest BCUT2D eigenvalue weighted by Gasteiger charge is 2.31. The molecule has 1 atom stereocenters. The van der Waals surface area contributed by atoms with Crippen molar-refractivity contribution in [2.45, 2.75) is 33.0 Å². The molecule has 7 heteroatoms. The number of hydrogen-bond acceptors (Lipinski definition) is 4. The number of nitrogens with zero attached hydrogens (tertiary/aromatic N) is 5. The molecule has 0 bridgehead atoms. The molecule has 0 radical (unpaired) electrons. The Morgan fingerprint density at radius 3 is 2.95 bits per heavy atom. The van der Waals surface area contributed by atoms with Crippen LogP contribution in [-0.4, -0.2) is 43.3 Å². The van der Waals surface area contributed by atoms with Gasteiger partial charge in [0.05, 0.1) is 24.5 Å². The zero-order chi connectivity index (χ0) is 15.7. The third-order valence-electron chi connectivity index (χ3n) is 4.02. The number of fused-ring (bicyclic) bond motifs is 1. The number of aromatic nitrogens is 4. The summed E-state index contributed by atoms with van der Waals surface area (Å²) in [5, 5.41) is 4.20. The van der Waals surface area contributed by atoms with Gasteiger partial charge in [-0.25, -0.2) is 4.98 Å². The summed E-state index contributed by atoms with van der Waals surface area (Å²) in [4.78, 5) is 18.9. The van der Waals surface area contributed by atoms with Crippen LogP contribution in [0.1, 0.15) is 41.9 Å². The Bertz CT molecular complexity index is 675. The van der Waals surface area contributed by atoms with Crippen LogP contribution in [0.4, 0.5) is 0 Å². The van der Waals surface area contributed by atoms with Crippen LogP contribution < -0.4 is 0 Å². The van der Waals surface area contributed by atoms with E-state index in [1.165, 1.54) is 0 Å². The molecule has 0 aromatic carbocycles. The minimum atomic E-state index is -0.0707. The number of amides is 1. The molecule has 0 fully saturated rings. The van der Waals surface area contributed by atoms with E-state index in [0.29, 0.717) is 25.5 Å². The fraction of sp³-hybridized carbons (Fsp3) is 0.533. The van der Waals surface area contributed by atoms with Crippen molar-refractivity contribution in [2.24, 2.45) is 7.05 Å². The lowest BCUT2D eigenvalue weighted by Crippen LogP contribution is -2.41. The summed E-state index contributed by atoms with van der Waals surface area (Å²) in [6, 6.07) is 1.68. The number of imidazole rings is 1. The molecule has 1 aliphatic heterocycles. The molecule has 7 nitrogen and oxygen atoms in total. The maximum Gasteiger partial charge on any atom is 0.275 e.